The lowest BCUT2D eigenvalue weighted by molar-refractivity contribution is -0.139. The number of rotatable bonds is 3. The van der Waals surface area contributed by atoms with Gasteiger partial charge in [-0.15, -0.1) is 10.2 Å². The van der Waals surface area contributed by atoms with Gasteiger partial charge >= 0.3 is 6.18 Å². The van der Waals surface area contributed by atoms with Crippen LogP contribution in [0.4, 0.5) is 13.2 Å². The third kappa shape index (κ3) is 3.15. The molecule has 0 saturated carbocycles. The molecule has 1 saturated heterocycles. The zero-order valence-electron chi connectivity index (χ0n) is 14.3. The molecular formula is C17H14ClF3N4O2S. The number of benzene rings is 1. The molecule has 6 nitrogen and oxygen atoms in total. The van der Waals surface area contributed by atoms with Crippen molar-refractivity contribution < 1.29 is 21.6 Å². The maximum absolute atomic E-state index is 13.5. The van der Waals surface area contributed by atoms with Crippen LogP contribution >= 0.6 is 11.6 Å². The minimum absolute atomic E-state index is 0.0919. The monoisotopic (exact) mass is 430 g/mol. The van der Waals surface area contributed by atoms with Crippen LogP contribution in [-0.2, 0) is 16.2 Å². The summed E-state index contributed by atoms with van der Waals surface area (Å²) in [6.07, 6.45) is -2.23. The van der Waals surface area contributed by atoms with E-state index in [2.05, 4.69) is 10.2 Å². The Labute approximate surface area is 163 Å². The molecule has 3 aromatic rings. The van der Waals surface area contributed by atoms with E-state index in [9.17, 15) is 21.6 Å². The van der Waals surface area contributed by atoms with E-state index in [1.54, 1.807) is 28.8 Å². The Bertz CT molecular complexity index is 1150. The summed E-state index contributed by atoms with van der Waals surface area (Å²) in [6.45, 7) is 0.0919. The fraction of sp³-hybridized carbons (Fsp3) is 0.294. The minimum Gasteiger partial charge on any atom is -0.285 e. The highest BCUT2D eigenvalue weighted by Crippen LogP contribution is 2.41. The van der Waals surface area contributed by atoms with Crippen molar-refractivity contribution in [2.24, 2.45) is 0 Å². The Kier molecular flexibility index (Phi) is 4.59. The molecule has 1 aromatic carbocycles. The Morgan fingerprint density at radius 3 is 2.68 bits per heavy atom. The van der Waals surface area contributed by atoms with Crippen LogP contribution in [0.5, 0.6) is 0 Å². The second-order valence-corrected chi connectivity index (χ2v) is 8.69. The Morgan fingerprint density at radius 1 is 1.14 bits per heavy atom. The van der Waals surface area contributed by atoms with E-state index in [0.717, 1.165) is 16.4 Å². The number of halogens is 4. The molecule has 2 aromatic heterocycles. The summed E-state index contributed by atoms with van der Waals surface area (Å²) in [5.41, 5.74) is -0.749. The number of alkyl halides is 3. The fourth-order valence-electron chi connectivity index (χ4n) is 3.45. The normalized spacial score (nSPS) is 18.8. The largest absolute Gasteiger partial charge is 0.417 e. The summed E-state index contributed by atoms with van der Waals surface area (Å²) in [7, 11) is -4.44. The average molecular weight is 431 g/mol. The van der Waals surface area contributed by atoms with Crippen LogP contribution in [0.2, 0.25) is 5.02 Å². The average Bonchev–Trinajstić information content (AvgIpc) is 3.27. The first kappa shape index (κ1) is 19.2. The van der Waals surface area contributed by atoms with Crippen molar-refractivity contribution in [3.63, 3.8) is 0 Å². The van der Waals surface area contributed by atoms with Crippen molar-refractivity contribution in [3.05, 3.63) is 59.0 Å². The molecule has 11 heteroatoms. The molecule has 0 amide bonds. The molecule has 0 aliphatic carbocycles. The summed E-state index contributed by atoms with van der Waals surface area (Å²) in [4.78, 5) is -0.815. The number of pyridine rings is 1. The van der Waals surface area contributed by atoms with Gasteiger partial charge in [-0.05, 0) is 43.2 Å². The standard InChI is InChI=1S/C17H14ClF3N4O2S/c18-11-6-7-14(12(10-11)17(19,20)21)28(26,27)25-9-3-4-13(25)16-23-22-15-5-1-2-8-24(15)16/h1-2,5-8,10,13H,3-4,9H2. The van der Waals surface area contributed by atoms with Crippen molar-refractivity contribution in [1.82, 2.24) is 18.9 Å². The summed E-state index contributed by atoms with van der Waals surface area (Å²) in [6, 6.07) is 7.18. The van der Waals surface area contributed by atoms with Gasteiger partial charge in [0.25, 0.3) is 0 Å². The molecule has 28 heavy (non-hydrogen) atoms. The third-order valence-electron chi connectivity index (χ3n) is 4.68. The predicted molar refractivity (Wildman–Crippen MR) is 95.3 cm³/mol. The maximum Gasteiger partial charge on any atom is 0.417 e. The first-order valence-corrected chi connectivity index (χ1v) is 10.2. The van der Waals surface area contributed by atoms with Crippen LogP contribution in [0.1, 0.15) is 30.3 Å². The molecule has 1 atom stereocenters. The summed E-state index contributed by atoms with van der Waals surface area (Å²) in [5, 5.41) is 7.91. The first-order valence-electron chi connectivity index (χ1n) is 8.38. The van der Waals surface area contributed by atoms with E-state index in [0.29, 0.717) is 30.4 Å². The van der Waals surface area contributed by atoms with Crippen LogP contribution in [0.15, 0.2) is 47.5 Å². The van der Waals surface area contributed by atoms with Gasteiger partial charge in [-0.1, -0.05) is 17.7 Å². The van der Waals surface area contributed by atoms with E-state index in [1.807, 2.05) is 0 Å². The van der Waals surface area contributed by atoms with Crippen LogP contribution in [0.25, 0.3) is 5.65 Å². The van der Waals surface area contributed by atoms with E-state index < -0.39 is 32.7 Å². The molecule has 0 spiro atoms. The number of sulfonamides is 1. The van der Waals surface area contributed by atoms with Crippen LogP contribution in [-0.4, -0.2) is 33.9 Å². The van der Waals surface area contributed by atoms with Crippen molar-refractivity contribution in [3.8, 4) is 0 Å². The van der Waals surface area contributed by atoms with Gasteiger partial charge in [0.05, 0.1) is 16.5 Å². The molecule has 1 unspecified atom stereocenters. The minimum atomic E-state index is -4.86. The second kappa shape index (κ2) is 6.71. The Hall–Kier alpha value is -2.17. The van der Waals surface area contributed by atoms with Gasteiger partial charge in [0, 0.05) is 17.8 Å². The number of hydrogen-bond acceptors (Lipinski definition) is 4. The van der Waals surface area contributed by atoms with Gasteiger partial charge in [0.15, 0.2) is 11.5 Å². The number of hydrogen-bond donors (Lipinski definition) is 0. The van der Waals surface area contributed by atoms with Gasteiger partial charge in [-0.2, -0.15) is 17.5 Å². The van der Waals surface area contributed by atoms with E-state index in [-0.39, 0.29) is 11.6 Å². The first-order chi connectivity index (χ1) is 13.2. The van der Waals surface area contributed by atoms with Crippen LogP contribution < -0.4 is 0 Å². The van der Waals surface area contributed by atoms with E-state index in [4.69, 9.17) is 11.6 Å². The maximum atomic E-state index is 13.5. The van der Waals surface area contributed by atoms with Gasteiger partial charge in [0.2, 0.25) is 10.0 Å². The Balaban J connectivity index is 1.82. The van der Waals surface area contributed by atoms with Crippen molar-refractivity contribution in [2.75, 3.05) is 6.54 Å². The van der Waals surface area contributed by atoms with Gasteiger partial charge in [-0.25, -0.2) is 8.42 Å². The van der Waals surface area contributed by atoms with Gasteiger partial charge in [-0.3, -0.25) is 4.40 Å². The quantitative estimate of drug-likeness (QED) is 0.631. The van der Waals surface area contributed by atoms with Crippen molar-refractivity contribution in [1.29, 1.82) is 0 Å². The lowest BCUT2D eigenvalue weighted by atomic mass is 10.2. The molecular weight excluding hydrogens is 417 g/mol. The lowest BCUT2D eigenvalue weighted by Crippen LogP contribution is -2.33. The molecule has 1 fully saturated rings. The third-order valence-corrected chi connectivity index (χ3v) is 6.88. The Morgan fingerprint density at radius 2 is 1.93 bits per heavy atom. The molecule has 148 valence electrons. The SMILES string of the molecule is O=S(=O)(c1ccc(Cl)cc1C(F)(F)F)N1CCCC1c1nnc2ccccn12. The van der Waals surface area contributed by atoms with Gasteiger partial charge < -0.3 is 0 Å². The molecule has 4 rings (SSSR count). The summed E-state index contributed by atoms with van der Waals surface area (Å²) in [5.74, 6) is 0.374. The van der Waals surface area contributed by atoms with Crippen LogP contribution in [0, 0.1) is 0 Å². The smallest absolute Gasteiger partial charge is 0.285 e. The number of fused-ring (bicyclic) bond motifs is 1. The molecule has 0 radical (unpaired) electrons. The zero-order valence-corrected chi connectivity index (χ0v) is 15.8. The van der Waals surface area contributed by atoms with Gasteiger partial charge in [0.1, 0.15) is 0 Å². The van der Waals surface area contributed by atoms with E-state index in [1.165, 1.54) is 0 Å². The predicted octanol–water partition coefficient (Wildman–Crippen LogP) is 3.93. The highest BCUT2D eigenvalue weighted by atomic mass is 35.5. The fourth-order valence-corrected chi connectivity index (χ4v) is 5.47. The highest BCUT2D eigenvalue weighted by molar-refractivity contribution is 7.89. The zero-order chi connectivity index (χ0) is 20.1. The number of aromatic nitrogens is 3. The second-order valence-electron chi connectivity index (χ2n) is 6.40. The highest BCUT2D eigenvalue weighted by Gasteiger charge is 2.43. The van der Waals surface area contributed by atoms with E-state index >= 15 is 0 Å². The molecule has 3 heterocycles. The molecule has 1 aliphatic rings. The molecule has 1 aliphatic heterocycles. The van der Waals surface area contributed by atoms with Crippen LogP contribution in [0.3, 0.4) is 0 Å². The summed E-state index contributed by atoms with van der Waals surface area (Å²) < 4.78 is 69.4. The topological polar surface area (TPSA) is 67.6 Å². The summed E-state index contributed by atoms with van der Waals surface area (Å²) >= 11 is 5.68. The molecule has 0 bridgehead atoms. The van der Waals surface area contributed by atoms with Crippen molar-refractivity contribution in [2.45, 2.75) is 30.0 Å². The molecule has 0 N–H and O–H groups in total. The van der Waals surface area contributed by atoms with Crippen molar-refractivity contribution >= 4 is 27.3 Å². The lowest BCUT2D eigenvalue weighted by Gasteiger charge is -2.24. The number of nitrogens with zero attached hydrogens (tertiary/aromatic N) is 4.